The highest BCUT2D eigenvalue weighted by molar-refractivity contribution is 7.91. The molecule has 4 nitrogen and oxygen atoms in total. The number of thiophene rings is 1. The van der Waals surface area contributed by atoms with Crippen molar-refractivity contribution in [3.8, 4) is 0 Å². The van der Waals surface area contributed by atoms with Crippen LogP contribution in [0.4, 0.5) is 0 Å². The maximum Gasteiger partial charge on any atom is 0.252 e. The second kappa shape index (κ2) is 8.45. The zero-order valence-electron chi connectivity index (χ0n) is 14.6. The summed E-state index contributed by atoms with van der Waals surface area (Å²) in [5, 5.41) is 0. The first-order chi connectivity index (χ1) is 12.1. The van der Waals surface area contributed by atoms with Crippen LogP contribution >= 0.6 is 11.3 Å². The first-order valence-corrected chi connectivity index (χ1v) is 11.1. The van der Waals surface area contributed by atoms with Gasteiger partial charge in [0, 0.05) is 18.0 Å². The van der Waals surface area contributed by atoms with Gasteiger partial charge >= 0.3 is 0 Å². The molecule has 0 saturated carbocycles. The van der Waals surface area contributed by atoms with Gasteiger partial charge in [0.25, 0.3) is 10.0 Å². The Morgan fingerprint density at radius 1 is 1.20 bits per heavy atom. The molecule has 0 N–H and O–H groups in total. The van der Waals surface area contributed by atoms with E-state index in [9.17, 15) is 8.42 Å². The zero-order valence-corrected chi connectivity index (χ0v) is 16.2. The Kier molecular flexibility index (Phi) is 6.28. The van der Waals surface area contributed by atoms with Crippen LogP contribution in [0.25, 0.3) is 0 Å². The molecule has 0 aliphatic carbocycles. The van der Waals surface area contributed by atoms with Gasteiger partial charge in [0.1, 0.15) is 4.21 Å². The lowest BCUT2D eigenvalue weighted by molar-refractivity contribution is 0.0672. The summed E-state index contributed by atoms with van der Waals surface area (Å²) >= 11 is 1.39. The van der Waals surface area contributed by atoms with Crippen LogP contribution in [0.1, 0.15) is 30.2 Å². The predicted octanol–water partition coefficient (Wildman–Crippen LogP) is 3.93. The van der Waals surface area contributed by atoms with Crippen molar-refractivity contribution in [3.63, 3.8) is 0 Å². The Balaban J connectivity index is 1.57. The maximum atomic E-state index is 12.9. The smallest absolute Gasteiger partial charge is 0.252 e. The van der Waals surface area contributed by atoms with Gasteiger partial charge in [-0.25, -0.2) is 8.42 Å². The lowest BCUT2D eigenvalue weighted by Gasteiger charge is -2.31. The van der Waals surface area contributed by atoms with Gasteiger partial charge in [-0.3, -0.25) is 0 Å². The summed E-state index contributed by atoms with van der Waals surface area (Å²) in [5.41, 5.74) is 1.15. The molecule has 25 heavy (non-hydrogen) atoms. The molecular formula is C19H25NO3S2. The average Bonchev–Trinajstić information content (AvgIpc) is 3.13. The third-order valence-electron chi connectivity index (χ3n) is 4.53. The predicted molar refractivity (Wildman–Crippen MR) is 101 cm³/mol. The van der Waals surface area contributed by atoms with Crippen LogP contribution in [0.2, 0.25) is 0 Å². The molecule has 1 fully saturated rings. The van der Waals surface area contributed by atoms with E-state index in [2.05, 4.69) is 0 Å². The number of aryl methyl sites for hydroxylation is 1. The van der Waals surface area contributed by atoms with E-state index in [1.54, 1.807) is 10.4 Å². The fourth-order valence-electron chi connectivity index (χ4n) is 3.11. The summed E-state index contributed by atoms with van der Waals surface area (Å²) in [6, 6.07) is 13.7. The lowest BCUT2D eigenvalue weighted by Crippen LogP contribution is -2.40. The number of hydrogen-bond acceptors (Lipinski definition) is 4. The molecule has 1 unspecified atom stereocenters. The van der Waals surface area contributed by atoms with Crippen molar-refractivity contribution in [2.24, 2.45) is 5.92 Å². The second-order valence-corrected chi connectivity index (χ2v) is 9.78. The second-order valence-electron chi connectivity index (χ2n) is 6.45. The Hall–Kier alpha value is -1.21. The molecule has 1 aromatic carbocycles. The fraction of sp³-hybridized carbons (Fsp3) is 0.474. The number of piperidine rings is 1. The van der Waals surface area contributed by atoms with Gasteiger partial charge in [-0.1, -0.05) is 37.3 Å². The zero-order chi connectivity index (χ0) is 17.7. The summed E-state index contributed by atoms with van der Waals surface area (Å²) in [7, 11) is -3.37. The van der Waals surface area contributed by atoms with Crippen molar-refractivity contribution in [1.82, 2.24) is 4.31 Å². The van der Waals surface area contributed by atoms with E-state index in [4.69, 9.17) is 4.74 Å². The monoisotopic (exact) mass is 379 g/mol. The van der Waals surface area contributed by atoms with Gasteiger partial charge in [0.15, 0.2) is 0 Å². The minimum Gasteiger partial charge on any atom is -0.376 e. The number of benzene rings is 1. The first-order valence-electron chi connectivity index (χ1n) is 8.80. The molecule has 1 atom stereocenters. The van der Waals surface area contributed by atoms with Gasteiger partial charge < -0.3 is 4.74 Å². The molecule has 3 rings (SSSR count). The highest BCUT2D eigenvalue weighted by atomic mass is 32.2. The van der Waals surface area contributed by atoms with E-state index in [1.807, 2.05) is 43.3 Å². The average molecular weight is 380 g/mol. The molecule has 1 aliphatic rings. The SMILES string of the molecule is CCc1ccc(S(=O)(=O)N2CCCC(COCc3ccccc3)C2)s1. The fourth-order valence-corrected chi connectivity index (χ4v) is 6.12. The van der Waals surface area contributed by atoms with E-state index in [-0.39, 0.29) is 5.92 Å². The minimum atomic E-state index is -3.37. The van der Waals surface area contributed by atoms with Crippen LogP contribution in [0.3, 0.4) is 0 Å². The van der Waals surface area contributed by atoms with Crippen molar-refractivity contribution >= 4 is 21.4 Å². The molecule has 2 heterocycles. The van der Waals surface area contributed by atoms with Crippen molar-refractivity contribution in [2.75, 3.05) is 19.7 Å². The normalized spacial score (nSPS) is 19.2. The van der Waals surface area contributed by atoms with Crippen molar-refractivity contribution in [1.29, 1.82) is 0 Å². The van der Waals surface area contributed by atoms with Crippen LogP contribution < -0.4 is 0 Å². The molecule has 0 radical (unpaired) electrons. The van der Waals surface area contributed by atoms with Gasteiger partial charge in [-0.2, -0.15) is 4.31 Å². The van der Waals surface area contributed by atoms with Gasteiger partial charge in [0.2, 0.25) is 0 Å². The third kappa shape index (κ3) is 4.70. The number of ether oxygens (including phenoxy) is 1. The number of rotatable bonds is 7. The summed E-state index contributed by atoms with van der Waals surface area (Å²) in [6.45, 7) is 4.39. The number of nitrogens with zero attached hydrogens (tertiary/aromatic N) is 1. The van der Waals surface area contributed by atoms with Gasteiger partial charge in [0.05, 0.1) is 13.2 Å². The molecule has 6 heteroatoms. The maximum absolute atomic E-state index is 12.9. The first kappa shape index (κ1) is 18.6. The van der Waals surface area contributed by atoms with Crippen LogP contribution in [0, 0.1) is 5.92 Å². The van der Waals surface area contributed by atoms with E-state index in [0.29, 0.717) is 30.5 Å². The summed E-state index contributed by atoms with van der Waals surface area (Å²) in [4.78, 5) is 1.11. The molecule has 0 bridgehead atoms. The molecular weight excluding hydrogens is 354 g/mol. The quantitative estimate of drug-likeness (QED) is 0.732. The van der Waals surface area contributed by atoms with E-state index in [1.165, 1.54) is 11.3 Å². The highest BCUT2D eigenvalue weighted by Crippen LogP contribution is 2.28. The Labute approximate surface area is 154 Å². The Morgan fingerprint density at radius 3 is 2.72 bits per heavy atom. The van der Waals surface area contributed by atoms with E-state index in [0.717, 1.165) is 29.7 Å². The molecule has 0 spiro atoms. The van der Waals surface area contributed by atoms with Gasteiger partial charge in [-0.15, -0.1) is 11.3 Å². The van der Waals surface area contributed by atoms with Crippen LogP contribution in [0.5, 0.6) is 0 Å². The molecule has 2 aromatic rings. The number of hydrogen-bond donors (Lipinski definition) is 0. The third-order valence-corrected chi connectivity index (χ3v) is 8.09. The van der Waals surface area contributed by atoms with Crippen LogP contribution in [0.15, 0.2) is 46.7 Å². The molecule has 1 saturated heterocycles. The topological polar surface area (TPSA) is 46.6 Å². The summed E-state index contributed by atoms with van der Waals surface area (Å²) < 4.78 is 33.6. The molecule has 1 aliphatic heterocycles. The lowest BCUT2D eigenvalue weighted by atomic mass is 10.0. The molecule has 0 amide bonds. The standard InChI is InChI=1S/C19H25NO3S2/c1-2-18-10-11-19(24-18)25(21,22)20-12-6-9-17(13-20)15-23-14-16-7-4-3-5-8-16/h3-5,7-8,10-11,17H,2,6,9,12-15H2,1H3. The Morgan fingerprint density at radius 2 is 2.00 bits per heavy atom. The highest BCUT2D eigenvalue weighted by Gasteiger charge is 2.31. The Bertz CT molecular complexity index is 771. The largest absolute Gasteiger partial charge is 0.376 e. The van der Waals surface area contributed by atoms with Crippen LogP contribution in [-0.2, 0) is 27.8 Å². The summed E-state index contributed by atoms with van der Waals surface area (Å²) in [6.07, 6.45) is 2.78. The summed E-state index contributed by atoms with van der Waals surface area (Å²) in [5.74, 6) is 0.262. The van der Waals surface area contributed by atoms with E-state index < -0.39 is 10.0 Å². The van der Waals surface area contributed by atoms with Crippen LogP contribution in [-0.4, -0.2) is 32.4 Å². The van der Waals surface area contributed by atoms with Gasteiger partial charge in [-0.05, 0) is 42.9 Å². The molecule has 136 valence electrons. The molecule has 1 aromatic heterocycles. The minimum absolute atomic E-state index is 0.262. The van der Waals surface area contributed by atoms with Crippen molar-refractivity contribution in [3.05, 3.63) is 52.9 Å². The number of sulfonamides is 1. The van der Waals surface area contributed by atoms with E-state index >= 15 is 0 Å². The van der Waals surface area contributed by atoms with Crippen molar-refractivity contribution < 1.29 is 13.2 Å². The van der Waals surface area contributed by atoms with Crippen molar-refractivity contribution in [2.45, 2.75) is 37.0 Å².